The third-order valence-corrected chi connectivity index (χ3v) is 5.52. The molecule has 0 atom stereocenters. The standard InChI is InChI=1S/C21H21F5N2/c1-19(11-21(25,26)12-19)28-18-15(8-13-9-20(23,24)10-13)4-7-17(27-18)14-2-5-16(22)6-3-14/h2-7,13H,8-12H2,1H3,(H,27,28). The lowest BCUT2D eigenvalue weighted by Crippen LogP contribution is -2.55. The van der Waals surface area contributed by atoms with E-state index in [4.69, 9.17) is 0 Å². The summed E-state index contributed by atoms with van der Waals surface area (Å²) in [5.41, 5.74) is 1.20. The van der Waals surface area contributed by atoms with Crippen molar-refractivity contribution in [2.75, 3.05) is 5.32 Å². The molecule has 0 aliphatic heterocycles. The number of nitrogens with zero attached hydrogens (tertiary/aromatic N) is 1. The van der Waals surface area contributed by atoms with E-state index < -0.39 is 17.4 Å². The van der Waals surface area contributed by atoms with E-state index in [0.29, 0.717) is 23.5 Å². The van der Waals surface area contributed by atoms with E-state index >= 15 is 0 Å². The highest BCUT2D eigenvalue weighted by molar-refractivity contribution is 5.63. The first-order chi connectivity index (χ1) is 13.0. The lowest BCUT2D eigenvalue weighted by molar-refractivity contribution is -0.111. The number of aromatic nitrogens is 1. The molecule has 1 N–H and O–H groups in total. The predicted molar refractivity (Wildman–Crippen MR) is 97.2 cm³/mol. The van der Waals surface area contributed by atoms with Crippen molar-refractivity contribution in [3.63, 3.8) is 0 Å². The van der Waals surface area contributed by atoms with Crippen molar-refractivity contribution in [3.05, 3.63) is 47.8 Å². The number of benzene rings is 1. The molecule has 2 nitrogen and oxygen atoms in total. The summed E-state index contributed by atoms with van der Waals surface area (Å²) in [6.07, 6.45) is -0.517. The third-order valence-electron chi connectivity index (χ3n) is 5.52. The Morgan fingerprint density at radius 3 is 2.18 bits per heavy atom. The van der Waals surface area contributed by atoms with Crippen molar-refractivity contribution < 1.29 is 22.0 Å². The largest absolute Gasteiger partial charge is 0.364 e. The van der Waals surface area contributed by atoms with Crippen molar-refractivity contribution in [1.82, 2.24) is 4.98 Å². The van der Waals surface area contributed by atoms with E-state index in [1.165, 1.54) is 12.1 Å². The topological polar surface area (TPSA) is 24.9 Å². The minimum atomic E-state index is -2.70. The molecule has 0 bridgehead atoms. The van der Waals surface area contributed by atoms with Gasteiger partial charge in [0.25, 0.3) is 5.92 Å². The number of alkyl halides is 4. The van der Waals surface area contributed by atoms with E-state index in [1.54, 1.807) is 31.2 Å². The number of nitrogens with one attached hydrogen (secondary N) is 1. The second-order valence-electron chi connectivity index (χ2n) is 8.44. The predicted octanol–water partition coefficient (Wildman–Crippen LogP) is 6.08. The molecule has 0 saturated heterocycles. The zero-order valence-corrected chi connectivity index (χ0v) is 15.4. The number of anilines is 1. The molecule has 2 aliphatic rings. The molecular formula is C21H21F5N2. The highest BCUT2D eigenvalue weighted by Gasteiger charge is 2.54. The van der Waals surface area contributed by atoms with Crippen LogP contribution in [-0.2, 0) is 6.42 Å². The van der Waals surface area contributed by atoms with Gasteiger partial charge in [0.2, 0.25) is 5.92 Å². The second-order valence-corrected chi connectivity index (χ2v) is 8.44. The lowest BCUT2D eigenvalue weighted by Gasteiger charge is -2.46. The summed E-state index contributed by atoms with van der Waals surface area (Å²) >= 11 is 0. The fraction of sp³-hybridized carbons (Fsp3) is 0.476. The average Bonchev–Trinajstić information content (AvgIpc) is 2.53. The van der Waals surface area contributed by atoms with E-state index in [2.05, 4.69) is 10.3 Å². The van der Waals surface area contributed by atoms with Crippen molar-refractivity contribution in [1.29, 1.82) is 0 Å². The summed E-state index contributed by atoms with van der Waals surface area (Å²) in [6, 6.07) is 9.37. The number of hydrogen-bond donors (Lipinski definition) is 1. The van der Waals surface area contributed by atoms with E-state index in [9.17, 15) is 22.0 Å². The maximum Gasteiger partial charge on any atom is 0.252 e. The number of rotatable bonds is 5. The molecule has 2 aliphatic carbocycles. The molecule has 1 aromatic carbocycles. The Morgan fingerprint density at radius 1 is 0.964 bits per heavy atom. The molecule has 0 spiro atoms. The van der Waals surface area contributed by atoms with Crippen molar-refractivity contribution in [2.45, 2.75) is 56.4 Å². The van der Waals surface area contributed by atoms with Crippen LogP contribution in [-0.4, -0.2) is 22.4 Å². The SMILES string of the molecule is CC1(Nc2nc(-c3ccc(F)cc3)ccc2CC2CC(F)(F)C2)CC(F)(F)C1. The van der Waals surface area contributed by atoms with Gasteiger partial charge in [0, 0.05) is 36.8 Å². The third kappa shape index (κ3) is 3.98. The number of pyridine rings is 1. The molecule has 150 valence electrons. The molecule has 0 unspecified atom stereocenters. The highest BCUT2D eigenvalue weighted by Crippen LogP contribution is 2.48. The van der Waals surface area contributed by atoms with Crippen LogP contribution in [0.4, 0.5) is 27.8 Å². The van der Waals surface area contributed by atoms with Gasteiger partial charge in [0.15, 0.2) is 0 Å². The maximum absolute atomic E-state index is 13.4. The van der Waals surface area contributed by atoms with Gasteiger partial charge in [-0.25, -0.2) is 26.9 Å². The Labute approximate surface area is 160 Å². The first kappa shape index (κ1) is 19.2. The molecular weight excluding hydrogens is 375 g/mol. The van der Waals surface area contributed by atoms with Gasteiger partial charge < -0.3 is 5.32 Å². The van der Waals surface area contributed by atoms with Gasteiger partial charge in [0.05, 0.1) is 5.69 Å². The fourth-order valence-electron chi connectivity index (χ4n) is 4.25. The van der Waals surface area contributed by atoms with Crippen LogP contribution in [0, 0.1) is 11.7 Å². The summed E-state index contributed by atoms with van der Waals surface area (Å²) in [7, 11) is 0. The smallest absolute Gasteiger partial charge is 0.252 e. The van der Waals surface area contributed by atoms with Gasteiger partial charge >= 0.3 is 0 Å². The summed E-state index contributed by atoms with van der Waals surface area (Å²) in [5, 5.41) is 3.12. The maximum atomic E-state index is 13.4. The Balaban J connectivity index is 1.60. The van der Waals surface area contributed by atoms with Gasteiger partial charge in [0.1, 0.15) is 11.6 Å². The van der Waals surface area contributed by atoms with Gasteiger partial charge in [-0.15, -0.1) is 0 Å². The van der Waals surface area contributed by atoms with Gasteiger partial charge in [-0.2, -0.15) is 0 Å². The molecule has 1 aromatic heterocycles. The van der Waals surface area contributed by atoms with Crippen LogP contribution in [0.3, 0.4) is 0 Å². The van der Waals surface area contributed by atoms with Crippen LogP contribution >= 0.6 is 0 Å². The number of hydrogen-bond acceptors (Lipinski definition) is 2. The highest BCUT2D eigenvalue weighted by atomic mass is 19.3. The summed E-state index contributed by atoms with van der Waals surface area (Å²) < 4.78 is 66.3. The fourth-order valence-corrected chi connectivity index (χ4v) is 4.25. The summed E-state index contributed by atoms with van der Waals surface area (Å²) in [6.45, 7) is 1.71. The molecule has 0 amide bonds. The monoisotopic (exact) mass is 396 g/mol. The van der Waals surface area contributed by atoms with E-state index in [-0.39, 0.29) is 37.4 Å². The average molecular weight is 396 g/mol. The molecule has 28 heavy (non-hydrogen) atoms. The minimum absolute atomic E-state index is 0.148. The second kappa shape index (κ2) is 6.42. The first-order valence-corrected chi connectivity index (χ1v) is 9.32. The molecule has 0 radical (unpaired) electrons. The Morgan fingerprint density at radius 2 is 1.61 bits per heavy atom. The van der Waals surface area contributed by atoms with Crippen LogP contribution in [0.15, 0.2) is 36.4 Å². The molecule has 2 aromatic rings. The molecule has 7 heteroatoms. The Hall–Kier alpha value is -2.18. The summed E-state index contributed by atoms with van der Waals surface area (Å²) in [5.74, 6) is -5.39. The van der Waals surface area contributed by atoms with Crippen molar-refractivity contribution in [2.24, 2.45) is 5.92 Å². The summed E-state index contributed by atoms with van der Waals surface area (Å²) in [4.78, 5) is 4.57. The van der Waals surface area contributed by atoms with Crippen molar-refractivity contribution in [3.8, 4) is 11.3 Å². The van der Waals surface area contributed by atoms with Crippen LogP contribution in [0.5, 0.6) is 0 Å². The molecule has 2 fully saturated rings. The quantitative estimate of drug-likeness (QED) is 0.620. The first-order valence-electron chi connectivity index (χ1n) is 9.32. The Kier molecular flexibility index (Phi) is 4.39. The zero-order chi connectivity index (χ0) is 20.2. The zero-order valence-electron chi connectivity index (χ0n) is 15.4. The molecule has 2 saturated carbocycles. The lowest BCUT2D eigenvalue weighted by atomic mass is 9.74. The molecule has 4 rings (SSSR count). The minimum Gasteiger partial charge on any atom is -0.364 e. The Bertz CT molecular complexity index is 863. The van der Waals surface area contributed by atoms with Crippen LogP contribution in [0.25, 0.3) is 11.3 Å². The van der Waals surface area contributed by atoms with Gasteiger partial charge in [-0.3, -0.25) is 0 Å². The van der Waals surface area contributed by atoms with Gasteiger partial charge in [-0.1, -0.05) is 6.07 Å². The van der Waals surface area contributed by atoms with E-state index in [0.717, 1.165) is 5.56 Å². The van der Waals surface area contributed by atoms with E-state index in [1.807, 2.05) is 0 Å². The molecule has 1 heterocycles. The van der Waals surface area contributed by atoms with Crippen molar-refractivity contribution >= 4 is 5.82 Å². The normalized spacial score (nSPS) is 22.2. The number of halogens is 5. The van der Waals surface area contributed by atoms with Crippen LogP contribution in [0.1, 0.15) is 38.2 Å². The van der Waals surface area contributed by atoms with Crippen LogP contribution in [0.2, 0.25) is 0 Å². The van der Waals surface area contributed by atoms with Gasteiger partial charge in [-0.05, 0) is 55.2 Å². The van der Waals surface area contributed by atoms with Crippen LogP contribution < -0.4 is 5.32 Å².